The molecule has 4 aromatic rings. The first-order valence-corrected chi connectivity index (χ1v) is 15.7. The molecule has 2 aliphatic rings. The zero-order valence-corrected chi connectivity index (χ0v) is 26.3. The molecule has 2 amide bonds. The van der Waals surface area contributed by atoms with Crippen molar-refractivity contribution in [3.8, 4) is 22.8 Å². The lowest BCUT2D eigenvalue weighted by atomic mass is 9.81. The maximum Gasteiger partial charge on any atom is 0.424 e. The highest BCUT2D eigenvalue weighted by Gasteiger charge is 2.58. The molecule has 1 aliphatic carbocycles. The maximum atomic E-state index is 14.9. The van der Waals surface area contributed by atoms with Crippen LogP contribution in [-0.2, 0) is 15.8 Å². The van der Waals surface area contributed by atoms with Crippen molar-refractivity contribution in [3.05, 3.63) is 83.4 Å². The summed E-state index contributed by atoms with van der Waals surface area (Å²) in [6, 6.07) is 12.1. The lowest BCUT2D eigenvalue weighted by Gasteiger charge is -2.31. The third-order valence-electron chi connectivity index (χ3n) is 8.65. The Morgan fingerprint density at radius 2 is 1.85 bits per heavy atom. The van der Waals surface area contributed by atoms with Crippen molar-refractivity contribution in [1.82, 2.24) is 20.6 Å². The minimum Gasteiger partial charge on any atom is -0.489 e. The molecule has 1 unspecified atom stereocenters. The van der Waals surface area contributed by atoms with Crippen LogP contribution in [0.1, 0.15) is 61.1 Å². The highest BCUT2D eigenvalue weighted by atomic mass is 19.4. The van der Waals surface area contributed by atoms with Gasteiger partial charge < -0.3 is 25.2 Å². The highest BCUT2D eigenvalue weighted by Crippen LogP contribution is 2.48. The molecule has 0 spiro atoms. The average Bonchev–Trinajstić information content (AvgIpc) is 3.82. The molecule has 252 valence electrons. The Bertz CT molecular complexity index is 1860. The van der Waals surface area contributed by atoms with E-state index in [1.165, 1.54) is 31.2 Å². The summed E-state index contributed by atoms with van der Waals surface area (Å²) in [5, 5.41) is 17.0. The largest absolute Gasteiger partial charge is 0.489 e. The summed E-state index contributed by atoms with van der Waals surface area (Å²) in [7, 11) is 0. The number of fused-ring (bicyclic) bond motifs is 2. The average molecular weight is 667 g/mol. The number of amides is 2. The molecule has 3 heterocycles. The maximum absolute atomic E-state index is 14.9. The minimum absolute atomic E-state index is 0.00862. The second kappa shape index (κ2) is 12.7. The number of carbonyl (C=O) groups excluding carboxylic acids is 2. The summed E-state index contributed by atoms with van der Waals surface area (Å²) >= 11 is 0. The van der Waals surface area contributed by atoms with Crippen molar-refractivity contribution in [3.63, 3.8) is 0 Å². The van der Waals surface area contributed by atoms with E-state index in [0.717, 1.165) is 37.5 Å². The van der Waals surface area contributed by atoms with Crippen molar-refractivity contribution in [2.75, 3.05) is 19.7 Å². The van der Waals surface area contributed by atoms with Crippen molar-refractivity contribution in [1.29, 1.82) is 0 Å². The zero-order valence-electron chi connectivity index (χ0n) is 26.3. The van der Waals surface area contributed by atoms with E-state index >= 15 is 0 Å². The predicted octanol–water partition coefficient (Wildman–Crippen LogP) is 5.72. The number of alkyl halides is 3. The molecular weight excluding hydrogens is 632 g/mol. The SMILES string of the molecule is CCCCNC(=O)[C@@]1(C)COc2c1cc(C(O)(CNC(=O)c1cc(OC3CC3)c3ncccc3c1)C(F)(F)F)nc2-c1ccc(F)cc1. The number of pyridine rings is 2. The number of unbranched alkanes of at least 4 members (excludes halogenated alkanes) is 1. The lowest BCUT2D eigenvalue weighted by Crippen LogP contribution is -2.52. The fourth-order valence-electron chi connectivity index (χ4n) is 5.55. The fraction of sp³-hybridized carbons (Fsp3) is 0.371. The molecule has 2 atom stereocenters. The number of hydrogen-bond acceptors (Lipinski definition) is 7. The van der Waals surface area contributed by atoms with Crippen molar-refractivity contribution in [2.45, 2.75) is 62.8 Å². The van der Waals surface area contributed by atoms with Gasteiger partial charge in [-0.15, -0.1) is 0 Å². The summed E-state index contributed by atoms with van der Waals surface area (Å²) in [4.78, 5) is 35.3. The van der Waals surface area contributed by atoms with Gasteiger partial charge in [-0.05, 0) is 74.7 Å². The Balaban J connectivity index is 1.39. The number of nitrogens with zero attached hydrogens (tertiary/aromatic N) is 2. The molecule has 0 radical (unpaired) electrons. The molecule has 13 heteroatoms. The van der Waals surface area contributed by atoms with E-state index in [1.54, 1.807) is 18.3 Å². The van der Waals surface area contributed by atoms with E-state index in [2.05, 4.69) is 20.6 Å². The standard InChI is InChI=1S/C35H34F4N4O5/c1-3-4-13-41-32(45)33(2)19-47-30-25(33)17-27(43-29(30)20-7-9-23(36)10-8-20)34(46,35(37,38)39)18-42-31(44)22-15-21-6-5-14-40-28(21)26(16-22)48-24-11-12-24/h5-10,14-17,24,46H,3-4,11-13,18-19H2,1-2H3,(H,41,45)(H,42,44)/t33-,34?/m0/s1. The monoisotopic (exact) mass is 666 g/mol. The zero-order chi connectivity index (χ0) is 34.3. The Labute approximate surface area is 273 Å². The number of halogens is 4. The van der Waals surface area contributed by atoms with Gasteiger partial charge in [-0.2, -0.15) is 13.2 Å². The van der Waals surface area contributed by atoms with Crippen molar-refractivity contribution >= 4 is 22.7 Å². The van der Waals surface area contributed by atoms with Gasteiger partial charge in [-0.1, -0.05) is 19.4 Å². The number of ether oxygens (including phenoxy) is 2. The number of aromatic nitrogens is 2. The van der Waals surface area contributed by atoms with Crippen LogP contribution in [-0.4, -0.2) is 58.9 Å². The van der Waals surface area contributed by atoms with Crippen LogP contribution in [0.3, 0.4) is 0 Å². The van der Waals surface area contributed by atoms with Gasteiger partial charge in [0.2, 0.25) is 11.5 Å². The number of aliphatic hydroxyl groups is 1. The first-order chi connectivity index (χ1) is 22.8. The first-order valence-electron chi connectivity index (χ1n) is 15.7. The van der Waals surface area contributed by atoms with Crippen LogP contribution in [0.25, 0.3) is 22.2 Å². The molecule has 1 aliphatic heterocycles. The summed E-state index contributed by atoms with van der Waals surface area (Å²) in [6.45, 7) is 2.31. The molecule has 1 fully saturated rings. The first kappa shape index (κ1) is 33.1. The molecular formula is C35H34F4N4O5. The topological polar surface area (TPSA) is 123 Å². The molecule has 48 heavy (non-hydrogen) atoms. The number of benzene rings is 2. The molecule has 2 aromatic heterocycles. The molecule has 0 bridgehead atoms. The Morgan fingerprint density at radius 3 is 2.54 bits per heavy atom. The van der Waals surface area contributed by atoms with Gasteiger partial charge in [0.15, 0.2) is 0 Å². The molecule has 6 rings (SSSR count). The van der Waals surface area contributed by atoms with Crippen LogP contribution in [0.15, 0.2) is 60.8 Å². The van der Waals surface area contributed by atoms with Crippen LogP contribution >= 0.6 is 0 Å². The van der Waals surface area contributed by atoms with Crippen LogP contribution in [0.2, 0.25) is 0 Å². The third kappa shape index (κ3) is 6.26. The van der Waals surface area contributed by atoms with Gasteiger partial charge >= 0.3 is 6.18 Å². The van der Waals surface area contributed by atoms with E-state index < -0.39 is 47.1 Å². The fourth-order valence-corrected chi connectivity index (χ4v) is 5.55. The van der Waals surface area contributed by atoms with Crippen LogP contribution in [0.5, 0.6) is 11.5 Å². The van der Waals surface area contributed by atoms with E-state index in [4.69, 9.17) is 9.47 Å². The predicted molar refractivity (Wildman–Crippen MR) is 168 cm³/mol. The normalized spacial score (nSPS) is 18.5. The van der Waals surface area contributed by atoms with Gasteiger partial charge in [0.1, 0.15) is 40.5 Å². The second-order valence-electron chi connectivity index (χ2n) is 12.4. The highest BCUT2D eigenvalue weighted by molar-refractivity contribution is 6.00. The smallest absolute Gasteiger partial charge is 0.424 e. The summed E-state index contributed by atoms with van der Waals surface area (Å²) in [5.41, 5.74) is -5.35. The van der Waals surface area contributed by atoms with Crippen LogP contribution in [0.4, 0.5) is 17.6 Å². The van der Waals surface area contributed by atoms with Crippen LogP contribution in [0, 0.1) is 5.82 Å². The molecule has 3 N–H and O–H groups in total. The van der Waals surface area contributed by atoms with E-state index in [1.807, 2.05) is 6.92 Å². The lowest BCUT2D eigenvalue weighted by molar-refractivity contribution is -0.265. The third-order valence-corrected chi connectivity index (χ3v) is 8.65. The van der Waals surface area contributed by atoms with Gasteiger partial charge in [-0.25, -0.2) is 9.37 Å². The minimum atomic E-state index is -5.34. The number of hydrogen-bond donors (Lipinski definition) is 3. The summed E-state index contributed by atoms with van der Waals surface area (Å²) in [6.07, 6.45) is -0.638. The van der Waals surface area contributed by atoms with E-state index in [9.17, 15) is 32.3 Å². The van der Waals surface area contributed by atoms with Gasteiger partial charge in [0, 0.05) is 34.8 Å². The van der Waals surface area contributed by atoms with Gasteiger partial charge in [0.05, 0.1) is 18.3 Å². The van der Waals surface area contributed by atoms with Crippen molar-refractivity contribution < 1.29 is 41.7 Å². The van der Waals surface area contributed by atoms with Crippen molar-refractivity contribution in [2.24, 2.45) is 0 Å². The molecule has 2 aromatic carbocycles. The number of rotatable bonds is 11. The summed E-state index contributed by atoms with van der Waals surface area (Å²) < 4.78 is 70.4. The molecule has 1 saturated carbocycles. The quantitative estimate of drug-likeness (QED) is 0.138. The Hall–Kier alpha value is -4.78. The Kier molecular flexibility index (Phi) is 8.75. The summed E-state index contributed by atoms with van der Waals surface area (Å²) in [5.74, 6) is -1.59. The van der Waals surface area contributed by atoms with Crippen LogP contribution < -0.4 is 20.1 Å². The van der Waals surface area contributed by atoms with E-state index in [-0.39, 0.29) is 40.8 Å². The van der Waals surface area contributed by atoms with E-state index in [0.29, 0.717) is 29.6 Å². The second-order valence-corrected chi connectivity index (χ2v) is 12.4. The Morgan fingerprint density at radius 1 is 1.10 bits per heavy atom. The molecule has 9 nitrogen and oxygen atoms in total. The molecule has 0 saturated heterocycles. The van der Waals surface area contributed by atoms with Gasteiger partial charge in [0.25, 0.3) is 5.91 Å². The number of nitrogens with one attached hydrogen (secondary N) is 2. The van der Waals surface area contributed by atoms with Gasteiger partial charge in [-0.3, -0.25) is 14.6 Å². The number of carbonyl (C=O) groups is 2.